The van der Waals surface area contributed by atoms with Crippen molar-refractivity contribution in [1.29, 1.82) is 0 Å². The van der Waals surface area contributed by atoms with Crippen molar-refractivity contribution in [3.8, 4) is 0 Å². The lowest BCUT2D eigenvalue weighted by Gasteiger charge is -2.21. The average molecular weight is 259 g/mol. The fourth-order valence-corrected chi connectivity index (χ4v) is 1.65. The van der Waals surface area contributed by atoms with E-state index in [1.165, 1.54) is 12.1 Å². The molecule has 2 nitrogen and oxygen atoms in total. The van der Waals surface area contributed by atoms with Crippen molar-refractivity contribution in [2.45, 2.75) is 32.3 Å². The number of hydrogen-bond donors (Lipinski definition) is 0. The van der Waals surface area contributed by atoms with Gasteiger partial charge in [0, 0.05) is 25.0 Å². The van der Waals surface area contributed by atoms with Gasteiger partial charge in [0.15, 0.2) is 0 Å². The predicted octanol–water partition coefficient (Wildman–Crippen LogP) is 3.41. The molecule has 0 N–H and O–H groups in total. The average Bonchev–Trinajstić information content (AvgIpc) is 2.21. The molecule has 1 rings (SSSR count). The molecule has 0 aromatic heterocycles. The molecule has 0 spiro atoms. The SMILES string of the molecule is COC(C)(C)CC(=O)Cc1ccc(Cl)cc1F. The van der Waals surface area contributed by atoms with Gasteiger partial charge in [-0.25, -0.2) is 4.39 Å². The highest BCUT2D eigenvalue weighted by Gasteiger charge is 2.21. The van der Waals surface area contributed by atoms with Crippen LogP contribution in [0.5, 0.6) is 0 Å². The minimum Gasteiger partial charge on any atom is -0.378 e. The van der Waals surface area contributed by atoms with Crippen LogP contribution in [0.4, 0.5) is 4.39 Å². The van der Waals surface area contributed by atoms with Crippen molar-refractivity contribution < 1.29 is 13.9 Å². The molecule has 0 saturated carbocycles. The van der Waals surface area contributed by atoms with E-state index in [1.54, 1.807) is 13.2 Å². The van der Waals surface area contributed by atoms with Gasteiger partial charge in [-0.3, -0.25) is 4.79 Å². The van der Waals surface area contributed by atoms with Crippen molar-refractivity contribution in [2.75, 3.05) is 7.11 Å². The van der Waals surface area contributed by atoms with E-state index in [-0.39, 0.29) is 18.6 Å². The molecule has 0 aliphatic heterocycles. The van der Waals surface area contributed by atoms with Crippen LogP contribution in [-0.2, 0) is 16.0 Å². The van der Waals surface area contributed by atoms with Gasteiger partial charge in [0.2, 0.25) is 0 Å². The molecule has 0 heterocycles. The van der Waals surface area contributed by atoms with E-state index in [9.17, 15) is 9.18 Å². The Balaban J connectivity index is 2.69. The van der Waals surface area contributed by atoms with Gasteiger partial charge in [-0.15, -0.1) is 0 Å². The summed E-state index contributed by atoms with van der Waals surface area (Å²) in [5.74, 6) is -0.501. The fraction of sp³-hybridized carbons (Fsp3) is 0.462. The first-order valence-corrected chi connectivity index (χ1v) is 5.72. The highest BCUT2D eigenvalue weighted by atomic mass is 35.5. The molecule has 0 amide bonds. The van der Waals surface area contributed by atoms with Crippen LogP contribution in [0, 0.1) is 5.82 Å². The third-order valence-electron chi connectivity index (χ3n) is 2.58. The van der Waals surface area contributed by atoms with Crippen molar-refractivity contribution in [3.05, 3.63) is 34.6 Å². The Labute approximate surface area is 106 Å². The van der Waals surface area contributed by atoms with Gasteiger partial charge in [0.25, 0.3) is 0 Å². The third-order valence-corrected chi connectivity index (χ3v) is 2.81. The van der Waals surface area contributed by atoms with Crippen molar-refractivity contribution >= 4 is 17.4 Å². The molecular formula is C13H16ClFO2. The fourth-order valence-electron chi connectivity index (χ4n) is 1.49. The number of Topliss-reactive ketones (excluding diaryl/α,β-unsaturated/α-hetero) is 1. The second-order valence-corrected chi connectivity index (χ2v) is 5.03. The molecule has 17 heavy (non-hydrogen) atoms. The van der Waals surface area contributed by atoms with Crippen LogP contribution in [0.2, 0.25) is 5.02 Å². The number of carbonyl (C=O) groups excluding carboxylic acids is 1. The maximum Gasteiger partial charge on any atom is 0.140 e. The smallest absolute Gasteiger partial charge is 0.140 e. The van der Waals surface area contributed by atoms with Gasteiger partial charge in [0.05, 0.1) is 5.60 Å². The molecule has 0 aliphatic rings. The summed E-state index contributed by atoms with van der Waals surface area (Å²) in [7, 11) is 1.55. The molecule has 0 bridgehead atoms. The lowest BCUT2D eigenvalue weighted by Crippen LogP contribution is -2.27. The van der Waals surface area contributed by atoms with Crippen LogP contribution in [0.1, 0.15) is 25.8 Å². The van der Waals surface area contributed by atoms with Gasteiger partial charge in [-0.05, 0) is 31.5 Å². The zero-order valence-electron chi connectivity index (χ0n) is 10.2. The predicted molar refractivity (Wildman–Crippen MR) is 65.8 cm³/mol. The summed E-state index contributed by atoms with van der Waals surface area (Å²) >= 11 is 5.64. The van der Waals surface area contributed by atoms with Gasteiger partial charge in [0.1, 0.15) is 11.6 Å². The zero-order valence-corrected chi connectivity index (χ0v) is 11.0. The van der Waals surface area contributed by atoms with Crippen LogP contribution in [0.3, 0.4) is 0 Å². The Kier molecular flexibility index (Phi) is 4.66. The van der Waals surface area contributed by atoms with Crippen LogP contribution in [0.25, 0.3) is 0 Å². The second-order valence-electron chi connectivity index (χ2n) is 4.59. The quantitative estimate of drug-likeness (QED) is 0.809. The van der Waals surface area contributed by atoms with Crippen LogP contribution >= 0.6 is 11.6 Å². The molecular weight excluding hydrogens is 243 g/mol. The number of ether oxygens (including phenoxy) is 1. The van der Waals surface area contributed by atoms with Gasteiger partial charge < -0.3 is 4.74 Å². The maximum atomic E-state index is 13.5. The van der Waals surface area contributed by atoms with Gasteiger partial charge in [-0.2, -0.15) is 0 Å². The Morgan fingerprint density at radius 3 is 2.65 bits per heavy atom. The second kappa shape index (κ2) is 5.61. The van der Waals surface area contributed by atoms with E-state index in [4.69, 9.17) is 16.3 Å². The molecule has 4 heteroatoms. The van der Waals surface area contributed by atoms with Crippen LogP contribution < -0.4 is 0 Å². The highest BCUT2D eigenvalue weighted by Crippen LogP contribution is 2.18. The van der Waals surface area contributed by atoms with E-state index in [2.05, 4.69) is 0 Å². The Morgan fingerprint density at radius 2 is 2.12 bits per heavy atom. The first-order valence-electron chi connectivity index (χ1n) is 5.35. The molecule has 0 radical (unpaired) electrons. The third kappa shape index (κ3) is 4.44. The van der Waals surface area contributed by atoms with E-state index in [0.29, 0.717) is 10.6 Å². The topological polar surface area (TPSA) is 26.3 Å². The van der Waals surface area contributed by atoms with Crippen molar-refractivity contribution in [1.82, 2.24) is 0 Å². The number of benzene rings is 1. The molecule has 1 aromatic rings. The van der Waals surface area contributed by atoms with Crippen LogP contribution in [-0.4, -0.2) is 18.5 Å². The summed E-state index contributed by atoms with van der Waals surface area (Å²) < 4.78 is 18.6. The largest absolute Gasteiger partial charge is 0.378 e. The molecule has 0 fully saturated rings. The monoisotopic (exact) mass is 258 g/mol. The molecule has 94 valence electrons. The standard InChI is InChI=1S/C13H16ClFO2/c1-13(2,17-3)8-11(16)6-9-4-5-10(14)7-12(9)15/h4-5,7H,6,8H2,1-3H3. The summed E-state index contributed by atoms with van der Waals surface area (Å²) in [6.45, 7) is 3.65. The molecule has 0 saturated heterocycles. The minimum atomic E-state index is -0.514. The molecule has 0 unspecified atom stereocenters. The Bertz CT molecular complexity index is 416. The number of methoxy groups -OCH3 is 1. The van der Waals surface area contributed by atoms with Crippen molar-refractivity contribution in [2.24, 2.45) is 0 Å². The van der Waals surface area contributed by atoms with Crippen molar-refractivity contribution in [3.63, 3.8) is 0 Å². The Morgan fingerprint density at radius 1 is 1.47 bits per heavy atom. The highest BCUT2D eigenvalue weighted by molar-refractivity contribution is 6.30. The maximum absolute atomic E-state index is 13.5. The van der Waals surface area contributed by atoms with Gasteiger partial charge in [-0.1, -0.05) is 17.7 Å². The molecule has 1 aromatic carbocycles. The first-order chi connectivity index (χ1) is 7.84. The van der Waals surface area contributed by atoms with E-state index in [0.717, 1.165) is 0 Å². The summed E-state index contributed by atoms with van der Waals surface area (Å²) in [5, 5.41) is 0.330. The van der Waals surface area contributed by atoms with E-state index < -0.39 is 11.4 Å². The first kappa shape index (κ1) is 14.1. The normalized spacial score (nSPS) is 11.6. The number of ketones is 1. The number of halogens is 2. The van der Waals surface area contributed by atoms with E-state index in [1.807, 2.05) is 13.8 Å². The summed E-state index contributed by atoms with van der Waals surface area (Å²) in [4.78, 5) is 11.7. The number of hydrogen-bond acceptors (Lipinski definition) is 2. The number of carbonyl (C=O) groups is 1. The van der Waals surface area contributed by atoms with E-state index >= 15 is 0 Å². The minimum absolute atomic E-state index is 0.0573. The Hall–Kier alpha value is -0.930. The lowest BCUT2D eigenvalue weighted by atomic mass is 9.97. The summed E-state index contributed by atoms with van der Waals surface area (Å²) in [6, 6.07) is 4.33. The molecule has 0 atom stereocenters. The summed E-state index contributed by atoms with van der Waals surface area (Å²) in [5.41, 5.74) is -0.147. The van der Waals surface area contributed by atoms with Crippen LogP contribution in [0.15, 0.2) is 18.2 Å². The lowest BCUT2D eigenvalue weighted by molar-refractivity contribution is -0.123. The zero-order chi connectivity index (χ0) is 13.1. The summed E-state index contributed by atoms with van der Waals surface area (Å²) in [6.07, 6.45) is 0.321. The number of rotatable bonds is 5. The molecule has 0 aliphatic carbocycles. The van der Waals surface area contributed by atoms with Gasteiger partial charge >= 0.3 is 0 Å².